The number of aromatic nitrogens is 2. The number of benzene rings is 1. The van der Waals surface area contributed by atoms with Gasteiger partial charge in [0.25, 0.3) is 0 Å². The van der Waals surface area contributed by atoms with Crippen molar-refractivity contribution in [3.05, 3.63) is 42.5 Å². The number of aliphatic hydroxyl groups excluding tert-OH is 1. The van der Waals surface area contributed by atoms with Crippen LogP contribution in [-0.2, 0) is 6.61 Å². The van der Waals surface area contributed by atoms with Crippen LogP contribution in [0.25, 0.3) is 0 Å². The second-order valence-electron chi connectivity index (χ2n) is 7.89. The van der Waals surface area contributed by atoms with Crippen LogP contribution in [0.5, 0.6) is 5.75 Å². The van der Waals surface area contributed by atoms with Crippen molar-refractivity contribution in [1.29, 1.82) is 0 Å². The summed E-state index contributed by atoms with van der Waals surface area (Å²) in [5.74, 6) is 2.62. The molecule has 0 bridgehead atoms. The zero-order valence-corrected chi connectivity index (χ0v) is 16.3. The van der Waals surface area contributed by atoms with Crippen molar-refractivity contribution in [2.45, 2.75) is 58.3 Å². The number of rotatable bonds is 9. The van der Waals surface area contributed by atoms with Crippen LogP contribution < -0.4 is 10.1 Å². The van der Waals surface area contributed by atoms with E-state index in [0.717, 1.165) is 47.5 Å². The average Bonchev–Trinajstić information content (AvgIpc) is 3.42. The Kier molecular flexibility index (Phi) is 5.86. The van der Waals surface area contributed by atoms with Gasteiger partial charge in [0.1, 0.15) is 12.4 Å². The Morgan fingerprint density at radius 3 is 2.89 bits per heavy atom. The Hall–Kier alpha value is -2.47. The fraction of sp³-hybridized carbons (Fsp3) is 0.500. The van der Waals surface area contributed by atoms with Gasteiger partial charge in [0.05, 0.1) is 29.0 Å². The van der Waals surface area contributed by atoms with E-state index in [1.807, 2.05) is 18.2 Å². The van der Waals surface area contributed by atoms with Crippen molar-refractivity contribution in [3.8, 4) is 5.75 Å². The fourth-order valence-corrected chi connectivity index (χ4v) is 3.71. The number of anilines is 1. The summed E-state index contributed by atoms with van der Waals surface area (Å²) >= 11 is 0. The Morgan fingerprint density at radius 1 is 1.21 bits per heavy atom. The van der Waals surface area contributed by atoms with E-state index in [1.54, 1.807) is 18.6 Å². The van der Waals surface area contributed by atoms with Crippen molar-refractivity contribution in [2.75, 3.05) is 5.32 Å². The predicted octanol–water partition coefficient (Wildman–Crippen LogP) is 4.48. The third kappa shape index (κ3) is 4.87. The minimum absolute atomic E-state index is 0.351. The molecule has 4 rings (SSSR count). The van der Waals surface area contributed by atoms with Gasteiger partial charge in [-0.25, -0.2) is 0 Å². The number of hydrogen-bond acceptors (Lipinski definition) is 6. The Bertz CT molecular complexity index is 825. The molecule has 1 fully saturated rings. The zero-order valence-electron chi connectivity index (χ0n) is 16.3. The second kappa shape index (κ2) is 8.69. The summed E-state index contributed by atoms with van der Waals surface area (Å²) in [6.07, 6.45) is 11.4. The first-order valence-corrected chi connectivity index (χ1v) is 10.2. The van der Waals surface area contributed by atoms with Gasteiger partial charge in [-0.3, -0.25) is 15.0 Å². The van der Waals surface area contributed by atoms with Gasteiger partial charge in [-0.15, -0.1) is 0 Å². The van der Waals surface area contributed by atoms with Gasteiger partial charge in [0.15, 0.2) is 6.23 Å². The van der Waals surface area contributed by atoms with Crippen molar-refractivity contribution in [2.24, 2.45) is 16.8 Å². The number of aliphatic imine (C=N–C) groups is 1. The van der Waals surface area contributed by atoms with Crippen LogP contribution in [0.15, 0.2) is 41.8 Å². The van der Waals surface area contributed by atoms with Crippen molar-refractivity contribution < 1.29 is 9.84 Å². The van der Waals surface area contributed by atoms with Gasteiger partial charge in [-0.2, -0.15) is 0 Å². The maximum Gasteiger partial charge on any atom is 0.164 e. The van der Waals surface area contributed by atoms with Gasteiger partial charge >= 0.3 is 0 Å². The largest absolute Gasteiger partial charge is 0.487 e. The summed E-state index contributed by atoms with van der Waals surface area (Å²) in [4.78, 5) is 12.9. The standard InChI is InChI=1S/C22H28N4O2/c1-15-11-16(15)5-3-2-4-6-20-22(27)26-21-12-18(7-8-19(21)25-20)28-14-17-13-23-9-10-24-17/h7-10,12-13,15-16,22,26-27H,2-6,11,14H2,1H3/t15?,16-,22?/m1/s1. The molecule has 2 N–H and O–H groups in total. The number of unbranched alkanes of at least 4 members (excludes halogenated alkanes) is 2. The lowest BCUT2D eigenvalue weighted by Crippen LogP contribution is -2.31. The van der Waals surface area contributed by atoms with Crippen molar-refractivity contribution in [1.82, 2.24) is 9.97 Å². The minimum atomic E-state index is -0.730. The Morgan fingerprint density at radius 2 is 2.11 bits per heavy atom. The first kappa shape index (κ1) is 18.9. The first-order valence-electron chi connectivity index (χ1n) is 10.2. The molecule has 0 spiro atoms. The molecule has 0 radical (unpaired) electrons. The van der Waals surface area contributed by atoms with Gasteiger partial charge in [0, 0.05) is 18.5 Å². The highest BCUT2D eigenvalue weighted by Crippen LogP contribution is 2.41. The van der Waals surface area contributed by atoms with E-state index in [4.69, 9.17) is 4.74 Å². The molecule has 2 unspecified atom stereocenters. The van der Waals surface area contributed by atoms with Crippen LogP contribution in [0.2, 0.25) is 0 Å². The highest BCUT2D eigenvalue weighted by Gasteiger charge is 2.31. The molecule has 1 aliphatic heterocycles. The smallest absolute Gasteiger partial charge is 0.164 e. The third-order valence-corrected chi connectivity index (χ3v) is 5.63. The third-order valence-electron chi connectivity index (χ3n) is 5.63. The van der Waals surface area contributed by atoms with Gasteiger partial charge in [-0.05, 0) is 43.2 Å². The monoisotopic (exact) mass is 380 g/mol. The minimum Gasteiger partial charge on any atom is -0.487 e. The number of nitrogens with zero attached hydrogens (tertiary/aromatic N) is 3. The summed E-state index contributed by atoms with van der Waals surface area (Å²) < 4.78 is 5.77. The summed E-state index contributed by atoms with van der Waals surface area (Å²) in [7, 11) is 0. The van der Waals surface area contributed by atoms with Gasteiger partial charge in [0.2, 0.25) is 0 Å². The van der Waals surface area contributed by atoms with Crippen LogP contribution in [-0.4, -0.2) is 27.0 Å². The topological polar surface area (TPSA) is 79.6 Å². The summed E-state index contributed by atoms with van der Waals surface area (Å²) in [5, 5.41) is 13.5. The lowest BCUT2D eigenvalue weighted by molar-refractivity contribution is 0.265. The molecule has 6 nitrogen and oxygen atoms in total. The molecule has 1 saturated carbocycles. The molecule has 2 aromatic rings. The quantitative estimate of drug-likeness (QED) is 0.627. The van der Waals surface area contributed by atoms with Crippen LogP contribution in [0.1, 0.15) is 51.1 Å². The molecule has 2 heterocycles. The van der Waals surface area contributed by atoms with Crippen molar-refractivity contribution >= 4 is 17.1 Å². The maximum absolute atomic E-state index is 10.4. The number of fused-ring (bicyclic) bond motifs is 1. The highest BCUT2D eigenvalue weighted by atomic mass is 16.5. The second-order valence-corrected chi connectivity index (χ2v) is 7.89. The number of ether oxygens (including phenoxy) is 1. The molecule has 0 saturated heterocycles. The first-order chi connectivity index (χ1) is 13.7. The fourth-order valence-electron chi connectivity index (χ4n) is 3.71. The number of nitrogens with one attached hydrogen (secondary N) is 1. The van der Waals surface area contributed by atoms with Gasteiger partial charge in [-0.1, -0.05) is 26.2 Å². The van der Waals surface area contributed by atoms with E-state index in [2.05, 4.69) is 27.2 Å². The molecule has 1 aromatic carbocycles. The van der Waals surface area contributed by atoms with Crippen LogP contribution in [0.4, 0.5) is 11.4 Å². The summed E-state index contributed by atoms with van der Waals surface area (Å²) in [6.45, 7) is 2.69. The average molecular weight is 380 g/mol. The van der Waals surface area contributed by atoms with E-state index in [0.29, 0.717) is 12.4 Å². The van der Waals surface area contributed by atoms with E-state index in [9.17, 15) is 5.11 Å². The Balaban J connectivity index is 1.29. The summed E-state index contributed by atoms with van der Waals surface area (Å²) in [5.41, 5.74) is 3.22. The van der Waals surface area contributed by atoms with E-state index < -0.39 is 6.23 Å². The van der Waals surface area contributed by atoms with Crippen LogP contribution in [0.3, 0.4) is 0 Å². The van der Waals surface area contributed by atoms with E-state index in [1.165, 1.54) is 25.7 Å². The Labute approximate surface area is 166 Å². The molecular formula is C22H28N4O2. The molecule has 148 valence electrons. The van der Waals surface area contributed by atoms with E-state index in [-0.39, 0.29) is 0 Å². The molecule has 0 amide bonds. The molecule has 28 heavy (non-hydrogen) atoms. The molecular weight excluding hydrogens is 352 g/mol. The van der Waals surface area contributed by atoms with Crippen LogP contribution in [0, 0.1) is 11.8 Å². The zero-order chi connectivity index (χ0) is 19.3. The van der Waals surface area contributed by atoms with E-state index >= 15 is 0 Å². The molecule has 6 heteroatoms. The maximum atomic E-state index is 10.4. The van der Waals surface area contributed by atoms with Crippen LogP contribution >= 0.6 is 0 Å². The normalized spacial score (nSPS) is 22.8. The molecule has 1 aliphatic carbocycles. The number of hydrogen-bond donors (Lipinski definition) is 2. The predicted molar refractivity (Wildman–Crippen MR) is 110 cm³/mol. The molecule has 1 aromatic heterocycles. The number of aliphatic hydroxyl groups is 1. The summed E-state index contributed by atoms with van der Waals surface area (Å²) in [6, 6.07) is 5.69. The molecule has 3 atom stereocenters. The lowest BCUT2D eigenvalue weighted by atomic mass is 10.0. The highest BCUT2D eigenvalue weighted by molar-refractivity contribution is 5.97. The molecule has 2 aliphatic rings. The lowest BCUT2D eigenvalue weighted by Gasteiger charge is -2.23. The van der Waals surface area contributed by atoms with Crippen molar-refractivity contribution in [3.63, 3.8) is 0 Å². The SMILES string of the molecule is CC1C[C@H]1CCCCCC1=Nc2ccc(OCc3cnccn3)cc2NC1O. The van der Waals surface area contributed by atoms with Gasteiger partial charge < -0.3 is 15.2 Å².